The molecule has 21 heavy (non-hydrogen) atoms. The second kappa shape index (κ2) is 8.03. The van der Waals surface area contributed by atoms with Gasteiger partial charge < -0.3 is 15.0 Å². The van der Waals surface area contributed by atoms with Crippen molar-refractivity contribution in [2.75, 3.05) is 33.3 Å². The number of amides is 1. The van der Waals surface area contributed by atoms with Crippen LogP contribution in [-0.4, -0.2) is 44.1 Å². The third-order valence-electron chi connectivity index (χ3n) is 4.12. The molecule has 1 heterocycles. The predicted molar refractivity (Wildman–Crippen MR) is 84.5 cm³/mol. The van der Waals surface area contributed by atoms with Crippen molar-refractivity contribution in [1.29, 1.82) is 0 Å². The minimum Gasteiger partial charge on any atom is -0.484 e. The van der Waals surface area contributed by atoms with Gasteiger partial charge in [0.05, 0.1) is 0 Å². The molecule has 4 nitrogen and oxygen atoms in total. The maximum absolute atomic E-state index is 12.2. The van der Waals surface area contributed by atoms with E-state index in [1.54, 1.807) is 0 Å². The zero-order chi connectivity index (χ0) is 15.1. The fourth-order valence-corrected chi connectivity index (χ4v) is 2.76. The first-order valence-corrected chi connectivity index (χ1v) is 7.81. The van der Waals surface area contributed by atoms with E-state index in [9.17, 15) is 4.79 Å². The summed E-state index contributed by atoms with van der Waals surface area (Å²) >= 11 is 0. The Morgan fingerprint density at radius 1 is 1.38 bits per heavy atom. The van der Waals surface area contributed by atoms with Crippen molar-refractivity contribution in [3.05, 3.63) is 29.8 Å². The number of piperidine rings is 1. The highest BCUT2D eigenvalue weighted by Crippen LogP contribution is 2.20. The van der Waals surface area contributed by atoms with Gasteiger partial charge >= 0.3 is 0 Å². The van der Waals surface area contributed by atoms with E-state index in [1.165, 1.54) is 6.42 Å². The van der Waals surface area contributed by atoms with Gasteiger partial charge in [0, 0.05) is 13.1 Å². The van der Waals surface area contributed by atoms with Crippen molar-refractivity contribution in [3.63, 3.8) is 0 Å². The topological polar surface area (TPSA) is 41.6 Å². The lowest BCUT2D eigenvalue weighted by molar-refractivity contribution is -0.134. The van der Waals surface area contributed by atoms with Crippen LogP contribution >= 0.6 is 0 Å². The summed E-state index contributed by atoms with van der Waals surface area (Å²) < 4.78 is 5.59. The number of likely N-dealkylation sites (tertiary alicyclic amines) is 1. The Kier molecular flexibility index (Phi) is 6.05. The summed E-state index contributed by atoms with van der Waals surface area (Å²) in [6.45, 7) is 4.96. The summed E-state index contributed by atoms with van der Waals surface area (Å²) in [4.78, 5) is 14.1. The van der Waals surface area contributed by atoms with Gasteiger partial charge in [-0.05, 0) is 63.4 Å². The summed E-state index contributed by atoms with van der Waals surface area (Å²) in [7, 11) is 1.99. The average Bonchev–Trinajstić information content (AvgIpc) is 2.51. The molecule has 0 bridgehead atoms. The Bertz CT molecular complexity index is 454. The minimum atomic E-state index is 0.101. The molecule has 116 valence electrons. The second-order valence-electron chi connectivity index (χ2n) is 5.82. The number of benzene rings is 1. The van der Waals surface area contributed by atoms with Crippen LogP contribution in [-0.2, 0) is 4.79 Å². The maximum Gasteiger partial charge on any atom is 0.260 e. The molecule has 1 amide bonds. The summed E-state index contributed by atoms with van der Waals surface area (Å²) in [5, 5.41) is 3.19. The van der Waals surface area contributed by atoms with Crippen molar-refractivity contribution in [1.82, 2.24) is 10.2 Å². The number of ether oxygens (including phenoxy) is 1. The van der Waals surface area contributed by atoms with E-state index >= 15 is 0 Å². The Morgan fingerprint density at radius 2 is 2.14 bits per heavy atom. The van der Waals surface area contributed by atoms with E-state index in [0.717, 1.165) is 49.7 Å². The van der Waals surface area contributed by atoms with Crippen LogP contribution in [0.5, 0.6) is 5.75 Å². The maximum atomic E-state index is 12.2. The molecule has 0 saturated carbocycles. The monoisotopic (exact) mass is 290 g/mol. The van der Waals surface area contributed by atoms with Gasteiger partial charge in [0.1, 0.15) is 5.75 Å². The van der Waals surface area contributed by atoms with Crippen molar-refractivity contribution < 1.29 is 9.53 Å². The number of nitrogens with one attached hydrogen (secondary N) is 1. The fourth-order valence-electron chi connectivity index (χ4n) is 2.76. The van der Waals surface area contributed by atoms with Crippen LogP contribution in [0.3, 0.4) is 0 Å². The number of nitrogens with zero attached hydrogens (tertiary/aromatic N) is 1. The van der Waals surface area contributed by atoms with Crippen LogP contribution in [0.15, 0.2) is 24.3 Å². The molecule has 1 fully saturated rings. The molecule has 1 aromatic rings. The average molecular weight is 290 g/mol. The smallest absolute Gasteiger partial charge is 0.260 e. The zero-order valence-electron chi connectivity index (χ0n) is 13.1. The normalized spacial score (nSPS) is 16.0. The number of hydrogen-bond acceptors (Lipinski definition) is 3. The third-order valence-corrected chi connectivity index (χ3v) is 4.12. The molecule has 0 aliphatic carbocycles. The van der Waals surface area contributed by atoms with Gasteiger partial charge in [0.2, 0.25) is 0 Å². The molecule has 1 aliphatic heterocycles. The van der Waals surface area contributed by atoms with E-state index < -0.39 is 0 Å². The van der Waals surface area contributed by atoms with Crippen molar-refractivity contribution in [2.45, 2.75) is 26.2 Å². The zero-order valence-corrected chi connectivity index (χ0v) is 13.1. The summed E-state index contributed by atoms with van der Waals surface area (Å²) in [5.74, 6) is 1.62. The van der Waals surface area contributed by atoms with Gasteiger partial charge in [-0.3, -0.25) is 4.79 Å². The predicted octanol–water partition coefficient (Wildman–Crippen LogP) is 2.22. The first-order chi connectivity index (χ1) is 10.2. The molecule has 0 unspecified atom stereocenters. The van der Waals surface area contributed by atoms with Crippen molar-refractivity contribution >= 4 is 5.91 Å². The van der Waals surface area contributed by atoms with Gasteiger partial charge in [-0.15, -0.1) is 0 Å². The molecular formula is C17H26N2O2. The van der Waals surface area contributed by atoms with Gasteiger partial charge in [0.25, 0.3) is 5.91 Å². The number of carbonyl (C=O) groups excluding carboxylic acids is 1. The Hall–Kier alpha value is -1.55. The molecular weight excluding hydrogens is 264 g/mol. The highest BCUT2D eigenvalue weighted by molar-refractivity contribution is 5.77. The summed E-state index contributed by atoms with van der Waals surface area (Å²) in [5.41, 5.74) is 1.14. The molecule has 0 radical (unpaired) electrons. The van der Waals surface area contributed by atoms with Gasteiger partial charge in [0.15, 0.2) is 6.61 Å². The minimum absolute atomic E-state index is 0.101. The lowest BCUT2D eigenvalue weighted by Gasteiger charge is -2.32. The lowest BCUT2D eigenvalue weighted by Crippen LogP contribution is -2.41. The number of carbonyl (C=O) groups is 1. The first-order valence-electron chi connectivity index (χ1n) is 7.81. The summed E-state index contributed by atoms with van der Waals surface area (Å²) in [6.07, 6.45) is 3.42. The standard InChI is InChI=1S/C17H26N2O2/c1-14-4-3-5-16(12-14)21-13-17(20)19-10-7-15(8-11-19)6-9-18-2/h3-5,12,15,18H,6-11,13H2,1-2H3. The summed E-state index contributed by atoms with van der Waals surface area (Å²) in [6, 6.07) is 7.81. The number of hydrogen-bond donors (Lipinski definition) is 1. The van der Waals surface area contributed by atoms with E-state index in [2.05, 4.69) is 5.32 Å². The highest BCUT2D eigenvalue weighted by Gasteiger charge is 2.22. The fraction of sp³-hybridized carbons (Fsp3) is 0.588. The van der Waals surface area contributed by atoms with Gasteiger partial charge in [-0.25, -0.2) is 0 Å². The quantitative estimate of drug-likeness (QED) is 0.873. The van der Waals surface area contributed by atoms with Crippen LogP contribution in [0.25, 0.3) is 0 Å². The van der Waals surface area contributed by atoms with Crippen molar-refractivity contribution in [2.24, 2.45) is 5.92 Å². The van der Waals surface area contributed by atoms with Crippen LogP contribution in [0.2, 0.25) is 0 Å². The van der Waals surface area contributed by atoms with E-state index in [-0.39, 0.29) is 12.5 Å². The first kappa shape index (κ1) is 15.8. The molecule has 4 heteroatoms. The number of rotatable bonds is 6. The number of aryl methyl sites for hydroxylation is 1. The van der Waals surface area contributed by atoms with Crippen LogP contribution in [0, 0.1) is 12.8 Å². The molecule has 1 aromatic carbocycles. The Morgan fingerprint density at radius 3 is 2.81 bits per heavy atom. The molecule has 0 aromatic heterocycles. The molecule has 1 N–H and O–H groups in total. The van der Waals surface area contributed by atoms with E-state index in [0.29, 0.717) is 0 Å². The van der Waals surface area contributed by atoms with Crippen LogP contribution in [0.4, 0.5) is 0 Å². The highest BCUT2D eigenvalue weighted by atomic mass is 16.5. The molecule has 1 aliphatic rings. The van der Waals surface area contributed by atoms with Crippen LogP contribution < -0.4 is 10.1 Å². The largest absolute Gasteiger partial charge is 0.484 e. The Balaban J connectivity index is 1.72. The van der Waals surface area contributed by atoms with Gasteiger partial charge in [-0.1, -0.05) is 12.1 Å². The van der Waals surface area contributed by atoms with Crippen molar-refractivity contribution in [3.8, 4) is 5.75 Å². The lowest BCUT2D eigenvalue weighted by atomic mass is 9.93. The third kappa shape index (κ3) is 5.05. The molecule has 2 rings (SSSR count). The van der Waals surface area contributed by atoms with Gasteiger partial charge in [-0.2, -0.15) is 0 Å². The van der Waals surface area contributed by atoms with E-state index in [1.807, 2.05) is 43.1 Å². The molecule has 0 atom stereocenters. The SMILES string of the molecule is CNCCC1CCN(C(=O)COc2cccc(C)c2)CC1. The second-order valence-corrected chi connectivity index (χ2v) is 5.82. The van der Waals surface area contributed by atoms with E-state index in [4.69, 9.17) is 4.74 Å². The Labute approximate surface area is 127 Å². The van der Waals surface area contributed by atoms with Crippen LogP contribution in [0.1, 0.15) is 24.8 Å². The molecule has 1 saturated heterocycles. The molecule has 0 spiro atoms.